The minimum absolute atomic E-state index is 0.603. The Morgan fingerprint density at radius 1 is 0.960 bits per heavy atom. The van der Waals surface area contributed by atoms with Gasteiger partial charge >= 0.3 is 0 Å². The Labute approximate surface area is 153 Å². The summed E-state index contributed by atoms with van der Waals surface area (Å²) in [7, 11) is 0. The topological polar surface area (TPSA) is 30.7 Å². The van der Waals surface area contributed by atoms with E-state index < -0.39 is 0 Å². The van der Waals surface area contributed by atoms with Crippen molar-refractivity contribution in [1.29, 1.82) is 0 Å². The molecule has 128 valence electrons. The fourth-order valence-corrected chi connectivity index (χ4v) is 4.14. The van der Waals surface area contributed by atoms with E-state index in [0.717, 1.165) is 23.3 Å². The maximum Gasteiger partial charge on any atom is 0.191 e. The van der Waals surface area contributed by atoms with Gasteiger partial charge in [0.05, 0.1) is 6.54 Å². The Bertz CT molecular complexity index is 846. The molecule has 2 aromatic carbocycles. The normalized spacial score (nSPS) is 14.0. The summed E-state index contributed by atoms with van der Waals surface area (Å²) < 4.78 is 2.32. The largest absolute Gasteiger partial charge is 0.301 e. The molecule has 3 aromatic rings. The number of thioether (sulfide) groups is 1. The van der Waals surface area contributed by atoms with Crippen molar-refractivity contribution in [2.24, 2.45) is 0 Å². The molecule has 0 N–H and O–H groups in total. The predicted octanol–water partition coefficient (Wildman–Crippen LogP) is 5.11. The molecule has 4 rings (SSSR count). The summed E-state index contributed by atoms with van der Waals surface area (Å²) >= 11 is 1.79. The van der Waals surface area contributed by atoms with E-state index in [4.69, 9.17) is 0 Å². The minimum Gasteiger partial charge on any atom is -0.301 e. The van der Waals surface area contributed by atoms with Gasteiger partial charge in [0, 0.05) is 11.7 Å². The average Bonchev–Trinajstić information content (AvgIpc) is 3.36. The number of rotatable bonds is 6. The Morgan fingerprint density at radius 2 is 1.68 bits per heavy atom. The van der Waals surface area contributed by atoms with Crippen LogP contribution in [0.4, 0.5) is 0 Å². The third kappa shape index (κ3) is 3.96. The van der Waals surface area contributed by atoms with Crippen molar-refractivity contribution in [3.05, 3.63) is 76.6 Å². The first-order valence-electron chi connectivity index (χ1n) is 8.86. The molecular weight excluding hydrogens is 326 g/mol. The molecule has 1 heterocycles. The van der Waals surface area contributed by atoms with Crippen molar-refractivity contribution in [1.82, 2.24) is 14.8 Å². The number of aryl methyl sites for hydroxylation is 2. The Hall–Kier alpha value is -2.07. The highest BCUT2D eigenvalue weighted by atomic mass is 32.2. The molecule has 1 aromatic heterocycles. The summed E-state index contributed by atoms with van der Waals surface area (Å²) in [5.41, 5.74) is 5.29. The Balaban J connectivity index is 1.56. The first-order valence-corrected chi connectivity index (χ1v) is 9.84. The molecule has 0 saturated heterocycles. The van der Waals surface area contributed by atoms with Gasteiger partial charge in [0.15, 0.2) is 5.16 Å². The van der Waals surface area contributed by atoms with E-state index in [1.54, 1.807) is 11.8 Å². The number of hydrogen-bond donors (Lipinski definition) is 0. The second kappa shape index (κ2) is 7.04. The zero-order valence-electron chi connectivity index (χ0n) is 14.8. The standard InChI is InChI=1S/C21H23N3S/c1-15-10-16(2)12-18(11-15)14-25-21-23-22-20(19-8-9-19)24(21)13-17-6-4-3-5-7-17/h3-7,10-12,19H,8-9,13-14H2,1-2H3. The van der Waals surface area contributed by atoms with E-state index in [0.29, 0.717) is 5.92 Å². The molecule has 1 aliphatic carbocycles. The highest BCUT2D eigenvalue weighted by Gasteiger charge is 2.30. The zero-order valence-corrected chi connectivity index (χ0v) is 15.6. The van der Waals surface area contributed by atoms with Crippen LogP contribution in [-0.2, 0) is 12.3 Å². The molecule has 1 aliphatic rings. The van der Waals surface area contributed by atoms with Crippen molar-refractivity contribution >= 4 is 11.8 Å². The lowest BCUT2D eigenvalue weighted by molar-refractivity contribution is 0.667. The summed E-state index contributed by atoms with van der Waals surface area (Å²) in [6, 6.07) is 17.4. The Kier molecular flexibility index (Phi) is 4.62. The van der Waals surface area contributed by atoms with Crippen molar-refractivity contribution in [3.8, 4) is 0 Å². The van der Waals surface area contributed by atoms with E-state index in [-0.39, 0.29) is 0 Å². The van der Waals surface area contributed by atoms with Gasteiger partial charge in [-0.3, -0.25) is 0 Å². The van der Waals surface area contributed by atoms with Crippen LogP contribution in [0.25, 0.3) is 0 Å². The molecule has 0 spiro atoms. The molecule has 0 bridgehead atoms. The number of nitrogens with zero attached hydrogens (tertiary/aromatic N) is 3. The number of benzene rings is 2. The van der Waals surface area contributed by atoms with E-state index in [1.807, 2.05) is 0 Å². The van der Waals surface area contributed by atoms with Crippen LogP contribution < -0.4 is 0 Å². The summed E-state index contributed by atoms with van der Waals surface area (Å²) in [5, 5.41) is 10.1. The second-order valence-electron chi connectivity index (χ2n) is 6.97. The quantitative estimate of drug-likeness (QED) is 0.579. The van der Waals surface area contributed by atoms with E-state index >= 15 is 0 Å². The maximum atomic E-state index is 4.51. The van der Waals surface area contributed by atoms with Crippen molar-refractivity contribution in [2.75, 3.05) is 0 Å². The molecule has 0 amide bonds. The van der Waals surface area contributed by atoms with Crippen LogP contribution in [0.1, 0.15) is 46.8 Å². The molecule has 4 heteroatoms. The smallest absolute Gasteiger partial charge is 0.191 e. The van der Waals surface area contributed by atoms with Gasteiger partial charge in [-0.25, -0.2) is 0 Å². The second-order valence-corrected chi connectivity index (χ2v) is 7.91. The van der Waals surface area contributed by atoms with Crippen molar-refractivity contribution in [3.63, 3.8) is 0 Å². The van der Waals surface area contributed by atoms with Crippen LogP contribution in [0.2, 0.25) is 0 Å². The van der Waals surface area contributed by atoms with E-state index in [1.165, 1.54) is 35.1 Å². The van der Waals surface area contributed by atoms with Gasteiger partial charge in [-0.05, 0) is 37.8 Å². The fourth-order valence-electron chi connectivity index (χ4n) is 3.27. The van der Waals surface area contributed by atoms with Crippen LogP contribution in [0.3, 0.4) is 0 Å². The van der Waals surface area contributed by atoms with Gasteiger partial charge in [0.25, 0.3) is 0 Å². The molecule has 25 heavy (non-hydrogen) atoms. The molecular formula is C21H23N3S. The lowest BCUT2D eigenvalue weighted by atomic mass is 10.1. The van der Waals surface area contributed by atoms with Crippen molar-refractivity contribution < 1.29 is 0 Å². The number of aromatic nitrogens is 3. The third-order valence-corrected chi connectivity index (χ3v) is 5.56. The predicted molar refractivity (Wildman–Crippen MR) is 103 cm³/mol. The highest BCUT2D eigenvalue weighted by molar-refractivity contribution is 7.98. The zero-order chi connectivity index (χ0) is 17.2. The van der Waals surface area contributed by atoms with E-state index in [9.17, 15) is 0 Å². The van der Waals surface area contributed by atoms with Gasteiger partial charge < -0.3 is 4.57 Å². The van der Waals surface area contributed by atoms with Gasteiger partial charge in [0.1, 0.15) is 5.82 Å². The summed E-state index contributed by atoms with van der Waals surface area (Å²) in [5.74, 6) is 2.69. The first kappa shape index (κ1) is 16.4. The first-order chi connectivity index (χ1) is 12.2. The monoisotopic (exact) mass is 349 g/mol. The molecule has 0 unspecified atom stereocenters. The van der Waals surface area contributed by atoms with Crippen molar-refractivity contribution in [2.45, 2.75) is 50.1 Å². The third-order valence-electron chi connectivity index (χ3n) is 4.52. The van der Waals surface area contributed by atoms with Crippen LogP contribution in [0.5, 0.6) is 0 Å². The molecule has 1 fully saturated rings. The molecule has 3 nitrogen and oxygen atoms in total. The van der Waals surface area contributed by atoms with Gasteiger partial charge in [0.2, 0.25) is 0 Å². The molecule has 0 aliphatic heterocycles. The maximum absolute atomic E-state index is 4.51. The van der Waals surface area contributed by atoms with Crippen LogP contribution in [0.15, 0.2) is 53.7 Å². The van der Waals surface area contributed by atoms with Gasteiger partial charge in [-0.1, -0.05) is 71.4 Å². The SMILES string of the molecule is Cc1cc(C)cc(CSc2nnc(C3CC3)n2Cc2ccccc2)c1. The van der Waals surface area contributed by atoms with Crippen LogP contribution in [0, 0.1) is 13.8 Å². The highest BCUT2D eigenvalue weighted by Crippen LogP contribution is 2.40. The van der Waals surface area contributed by atoms with Crippen LogP contribution in [-0.4, -0.2) is 14.8 Å². The fraction of sp³-hybridized carbons (Fsp3) is 0.333. The lowest BCUT2D eigenvalue weighted by Crippen LogP contribution is -2.06. The molecule has 0 atom stereocenters. The summed E-state index contributed by atoms with van der Waals surface area (Å²) in [4.78, 5) is 0. The lowest BCUT2D eigenvalue weighted by Gasteiger charge is -2.10. The van der Waals surface area contributed by atoms with E-state index in [2.05, 4.69) is 77.1 Å². The van der Waals surface area contributed by atoms with Gasteiger partial charge in [-0.2, -0.15) is 0 Å². The number of hydrogen-bond acceptors (Lipinski definition) is 3. The van der Waals surface area contributed by atoms with Crippen LogP contribution >= 0.6 is 11.8 Å². The summed E-state index contributed by atoms with van der Waals surface area (Å²) in [6.45, 7) is 5.17. The average molecular weight is 350 g/mol. The summed E-state index contributed by atoms with van der Waals surface area (Å²) in [6.07, 6.45) is 2.49. The molecule has 0 radical (unpaired) electrons. The Morgan fingerprint density at radius 3 is 2.36 bits per heavy atom. The minimum atomic E-state index is 0.603. The molecule has 1 saturated carbocycles. The van der Waals surface area contributed by atoms with Gasteiger partial charge in [-0.15, -0.1) is 10.2 Å².